The van der Waals surface area contributed by atoms with Gasteiger partial charge in [0.25, 0.3) is 5.89 Å². The lowest BCUT2D eigenvalue weighted by Crippen LogP contribution is -2.34. The van der Waals surface area contributed by atoms with Gasteiger partial charge in [0.15, 0.2) is 0 Å². The summed E-state index contributed by atoms with van der Waals surface area (Å²) in [5.74, 6) is -1.28. The van der Waals surface area contributed by atoms with Crippen molar-refractivity contribution in [2.75, 3.05) is 0 Å². The van der Waals surface area contributed by atoms with Crippen LogP contribution in [0.25, 0.3) is 10.8 Å². The number of rotatable bonds is 6. The van der Waals surface area contributed by atoms with E-state index >= 15 is 0 Å². The fourth-order valence-electron chi connectivity index (χ4n) is 2.68. The van der Waals surface area contributed by atoms with Crippen molar-refractivity contribution in [2.24, 2.45) is 0 Å². The van der Waals surface area contributed by atoms with Gasteiger partial charge in [-0.3, -0.25) is 4.79 Å². The lowest BCUT2D eigenvalue weighted by molar-refractivity contribution is -0.122. The maximum atomic E-state index is 13.3. The predicted molar refractivity (Wildman–Crippen MR) is 105 cm³/mol. The van der Waals surface area contributed by atoms with Crippen molar-refractivity contribution in [3.05, 3.63) is 86.1 Å². The summed E-state index contributed by atoms with van der Waals surface area (Å²) >= 11 is 2.86. The van der Waals surface area contributed by atoms with Crippen molar-refractivity contribution in [2.45, 2.75) is 12.6 Å². The van der Waals surface area contributed by atoms with Crippen molar-refractivity contribution < 1.29 is 13.6 Å². The van der Waals surface area contributed by atoms with Crippen LogP contribution < -0.4 is 11.1 Å². The zero-order valence-electron chi connectivity index (χ0n) is 14.4. The summed E-state index contributed by atoms with van der Waals surface area (Å²) in [5, 5.41) is 10.7. The van der Waals surface area contributed by atoms with E-state index in [-0.39, 0.29) is 18.3 Å². The minimum absolute atomic E-state index is 0.182. The molecule has 4 rings (SSSR count). The van der Waals surface area contributed by atoms with Crippen molar-refractivity contribution in [3.63, 3.8) is 0 Å². The number of hydrogen-bond donors (Lipinski definition) is 1. The van der Waals surface area contributed by atoms with Crippen LogP contribution in [0, 0.1) is 5.82 Å². The Bertz CT molecular complexity index is 1120. The van der Waals surface area contributed by atoms with Crippen LogP contribution in [-0.4, -0.2) is 15.7 Å². The first-order valence-corrected chi connectivity index (χ1v) is 10.1. The highest BCUT2D eigenvalue weighted by molar-refractivity contribution is 7.13. The first-order valence-electron chi connectivity index (χ1n) is 8.30. The summed E-state index contributed by atoms with van der Waals surface area (Å²) in [6.45, 7) is -0.281. The molecular formula is C19H14FN3O3S2. The molecule has 1 atom stereocenters. The second kappa shape index (κ2) is 7.91. The van der Waals surface area contributed by atoms with Gasteiger partial charge in [0, 0.05) is 4.88 Å². The predicted octanol–water partition coefficient (Wildman–Crippen LogP) is 3.67. The molecule has 0 aliphatic rings. The van der Waals surface area contributed by atoms with E-state index in [1.54, 1.807) is 18.2 Å². The van der Waals surface area contributed by atoms with E-state index in [1.165, 1.54) is 34.8 Å². The molecule has 28 heavy (non-hydrogen) atoms. The fourth-order valence-corrected chi connectivity index (χ4v) is 4.12. The highest BCUT2D eigenvalue weighted by atomic mass is 32.1. The number of thiophene rings is 2. The maximum absolute atomic E-state index is 13.3. The molecule has 1 unspecified atom stereocenters. The molecular weight excluding hydrogens is 401 g/mol. The van der Waals surface area contributed by atoms with Crippen LogP contribution in [0.4, 0.5) is 4.39 Å². The van der Waals surface area contributed by atoms with Crippen molar-refractivity contribution >= 4 is 28.6 Å². The third kappa shape index (κ3) is 3.95. The normalized spacial score (nSPS) is 12.0. The van der Waals surface area contributed by atoms with E-state index in [4.69, 9.17) is 4.42 Å². The summed E-state index contributed by atoms with van der Waals surface area (Å²) in [7, 11) is 0. The molecule has 0 saturated carbocycles. The van der Waals surface area contributed by atoms with Crippen LogP contribution in [0.2, 0.25) is 0 Å². The number of carbonyl (C=O) groups excluding carboxylic acids is 1. The van der Waals surface area contributed by atoms with Gasteiger partial charge >= 0.3 is 5.76 Å². The highest BCUT2D eigenvalue weighted by Gasteiger charge is 2.20. The van der Waals surface area contributed by atoms with Crippen molar-refractivity contribution in [1.82, 2.24) is 15.1 Å². The van der Waals surface area contributed by atoms with E-state index in [0.717, 1.165) is 15.1 Å². The topological polar surface area (TPSA) is 77.1 Å². The summed E-state index contributed by atoms with van der Waals surface area (Å²) in [6.07, 6.45) is 0. The Labute approximate surface area is 166 Å². The molecule has 1 aromatic carbocycles. The Kier molecular flexibility index (Phi) is 5.18. The van der Waals surface area contributed by atoms with Gasteiger partial charge in [0.1, 0.15) is 12.4 Å². The van der Waals surface area contributed by atoms with Gasteiger partial charge in [0.05, 0.1) is 10.9 Å². The van der Waals surface area contributed by atoms with Gasteiger partial charge in [-0.05, 0) is 40.6 Å². The zero-order valence-corrected chi connectivity index (χ0v) is 16.0. The van der Waals surface area contributed by atoms with Gasteiger partial charge in [-0.25, -0.2) is 9.18 Å². The minimum Gasteiger partial charge on any atom is -0.387 e. The third-order valence-corrected chi connectivity index (χ3v) is 5.76. The Hall–Kier alpha value is -3.04. The lowest BCUT2D eigenvalue weighted by atomic mass is 10.1. The first kappa shape index (κ1) is 18.3. The molecule has 0 aliphatic carbocycles. The van der Waals surface area contributed by atoms with E-state index in [0.29, 0.717) is 4.88 Å². The molecule has 142 valence electrons. The first-order chi connectivity index (χ1) is 13.6. The monoisotopic (exact) mass is 415 g/mol. The molecule has 0 fully saturated rings. The average Bonchev–Trinajstić information content (AvgIpc) is 3.44. The molecule has 4 aromatic rings. The van der Waals surface area contributed by atoms with Gasteiger partial charge in [-0.15, -0.1) is 27.8 Å². The maximum Gasteiger partial charge on any atom is 0.437 e. The standard InChI is InChI=1S/C19H14FN3O3S2/c20-13-7-5-12(6-8-13)17(14-3-1-9-27-14)21-16(24)11-23-19(25)26-18(22-23)15-4-2-10-28-15/h1-10,17H,11H2,(H,21,24). The summed E-state index contributed by atoms with van der Waals surface area (Å²) in [4.78, 5) is 26.2. The Morgan fingerprint density at radius 2 is 1.89 bits per heavy atom. The van der Waals surface area contributed by atoms with Crippen LogP contribution in [0.15, 0.2) is 68.5 Å². The summed E-state index contributed by atoms with van der Waals surface area (Å²) < 4.78 is 19.4. The Morgan fingerprint density at radius 3 is 2.57 bits per heavy atom. The van der Waals surface area contributed by atoms with Crippen molar-refractivity contribution in [1.29, 1.82) is 0 Å². The molecule has 0 aliphatic heterocycles. The van der Waals surface area contributed by atoms with Crippen LogP contribution in [0.5, 0.6) is 0 Å². The van der Waals surface area contributed by atoms with Gasteiger partial charge in [-0.1, -0.05) is 24.3 Å². The second-order valence-corrected chi connectivity index (χ2v) is 7.80. The van der Waals surface area contributed by atoms with Crippen LogP contribution in [-0.2, 0) is 11.3 Å². The molecule has 3 heterocycles. The van der Waals surface area contributed by atoms with Crippen LogP contribution >= 0.6 is 22.7 Å². The Balaban J connectivity index is 1.54. The molecule has 1 N–H and O–H groups in total. The van der Waals surface area contributed by atoms with Gasteiger partial charge in [-0.2, -0.15) is 4.68 Å². The Morgan fingerprint density at radius 1 is 1.14 bits per heavy atom. The molecule has 6 nitrogen and oxygen atoms in total. The number of benzene rings is 1. The van der Waals surface area contributed by atoms with E-state index in [2.05, 4.69) is 10.4 Å². The number of nitrogens with one attached hydrogen (secondary N) is 1. The van der Waals surface area contributed by atoms with Crippen LogP contribution in [0.3, 0.4) is 0 Å². The number of halogens is 1. The quantitative estimate of drug-likeness (QED) is 0.521. The molecule has 1 amide bonds. The van der Waals surface area contributed by atoms with E-state index in [9.17, 15) is 14.0 Å². The zero-order chi connectivity index (χ0) is 19.5. The molecule has 3 aromatic heterocycles. The SMILES string of the molecule is O=C(Cn1nc(-c2cccs2)oc1=O)NC(c1ccc(F)cc1)c1cccs1. The number of carbonyl (C=O) groups is 1. The number of nitrogens with zero attached hydrogens (tertiary/aromatic N) is 2. The minimum atomic E-state index is -0.701. The largest absolute Gasteiger partial charge is 0.437 e. The summed E-state index contributed by atoms with van der Waals surface area (Å²) in [6, 6.07) is 12.8. The fraction of sp³-hybridized carbons (Fsp3) is 0.105. The van der Waals surface area contributed by atoms with Crippen molar-refractivity contribution in [3.8, 4) is 10.8 Å². The smallest absolute Gasteiger partial charge is 0.387 e. The number of hydrogen-bond acceptors (Lipinski definition) is 6. The molecule has 9 heteroatoms. The van der Waals surface area contributed by atoms with Crippen LogP contribution in [0.1, 0.15) is 16.5 Å². The third-order valence-electron chi connectivity index (χ3n) is 3.97. The van der Waals surface area contributed by atoms with E-state index in [1.807, 2.05) is 29.0 Å². The summed E-state index contributed by atoms with van der Waals surface area (Å²) in [5.41, 5.74) is 0.740. The highest BCUT2D eigenvalue weighted by Crippen LogP contribution is 2.26. The van der Waals surface area contributed by atoms with E-state index < -0.39 is 17.7 Å². The van der Waals surface area contributed by atoms with Gasteiger partial charge < -0.3 is 9.73 Å². The molecule has 0 bridgehead atoms. The molecule has 0 radical (unpaired) electrons. The van der Waals surface area contributed by atoms with Gasteiger partial charge in [0.2, 0.25) is 5.91 Å². The number of amides is 1. The molecule has 0 saturated heterocycles. The number of aromatic nitrogens is 2. The lowest BCUT2D eigenvalue weighted by Gasteiger charge is -2.18. The average molecular weight is 415 g/mol. The second-order valence-electron chi connectivity index (χ2n) is 5.88. The molecule has 0 spiro atoms.